The van der Waals surface area contributed by atoms with Crippen molar-refractivity contribution in [2.45, 2.75) is 25.4 Å². The van der Waals surface area contributed by atoms with E-state index in [2.05, 4.69) is 0 Å². The molecule has 0 aromatic heterocycles. The summed E-state index contributed by atoms with van der Waals surface area (Å²) in [6.45, 7) is 1.37. The first-order chi connectivity index (χ1) is 9.61. The number of hydrogen-bond donors (Lipinski definition) is 0. The van der Waals surface area contributed by atoms with Crippen molar-refractivity contribution < 1.29 is 14.5 Å². The van der Waals surface area contributed by atoms with Gasteiger partial charge < -0.3 is 9.64 Å². The molecule has 6 heteroatoms. The van der Waals surface area contributed by atoms with Gasteiger partial charge in [-0.15, -0.1) is 0 Å². The number of aldehydes is 1. The Hall–Kier alpha value is -1.95. The maximum Gasteiger partial charge on any atom is 0.293 e. The highest BCUT2D eigenvalue weighted by Gasteiger charge is 2.21. The molecule has 0 saturated carbocycles. The van der Waals surface area contributed by atoms with Crippen molar-refractivity contribution in [1.82, 2.24) is 0 Å². The molecule has 2 rings (SSSR count). The van der Waals surface area contributed by atoms with Crippen molar-refractivity contribution in [3.05, 3.63) is 33.9 Å². The van der Waals surface area contributed by atoms with Crippen LogP contribution in [0.5, 0.6) is 0 Å². The molecular weight excluding hydrogens is 260 g/mol. The molecule has 1 unspecified atom stereocenters. The lowest BCUT2D eigenvalue weighted by atomic mass is 10.1. The molecule has 1 aliphatic rings. The molecule has 108 valence electrons. The van der Waals surface area contributed by atoms with Crippen LogP contribution in [0.3, 0.4) is 0 Å². The van der Waals surface area contributed by atoms with E-state index in [0.717, 1.165) is 25.9 Å². The van der Waals surface area contributed by atoms with Crippen LogP contribution in [0.15, 0.2) is 18.2 Å². The van der Waals surface area contributed by atoms with Crippen LogP contribution in [0.4, 0.5) is 11.4 Å². The smallest absolute Gasteiger partial charge is 0.293 e. The van der Waals surface area contributed by atoms with Crippen molar-refractivity contribution in [2.75, 3.05) is 25.1 Å². The molecule has 0 bridgehead atoms. The zero-order valence-electron chi connectivity index (χ0n) is 11.4. The lowest BCUT2D eigenvalue weighted by Crippen LogP contribution is -2.33. The fourth-order valence-corrected chi connectivity index (χ4v) is 2.44. The number of benzene rings is 1. The topological polar surface area (TPSA) is 72.7 Å². The maximum atomic E-state index is 11.1. The zero-order chi connectivity index (χ0) is 14.5. The standard InChI is InChI=1S/C14H18N2O4/c1-15(9-12-4-2-3-7-20-12)13-6-5-11(10-17)8-14(13)16(18)19/h5-6,8,10,12H,2-4,7,9H2,1H3. The summed E-state index contributed by atoms with van der Waals surface area (Å²) in [5.41, 5.74) is 0.769. The Balaban J connectivity index is 2.17. The monoisotopic (exact) mass is 278 g/mol. The maximum absolute atomic E-state index is 11.1. The highest BCUT2D eigenvalue weighted by atomic mass is 16.6. The summed E-state index contributed by atoms with van der Waals surface area (Å²) in [6.07, 6.45) is 3.91. The highest BCUT2D eigenvalue weighted by Crippen LogP contribution is 2.29. The Labute approximate surface area is 117 Å². The summed E-state index contributed by atoms with van der Waals surface area (Å²) in [4.78, 5) is 23.2. The number of likely N-dealkylation sites (N-methyl/N-ethyl adjacent to an activating group) is 1. The molecular formula is C14H18N2O4. The third kappa shape index (κ3) is 3.33. The third-order valence-electron chi connectivity index (χ3n) is 3.49. The average Bonchev–Trinajstić information content (AvgIpc) is 2.47. The molecule has 1 aliphatic heterocycles. The van der Waals surface area contributed by atoms with Crippen LogP contribution in [-0.4, -0.2) is 37.5 Å². The number of carbonyl (C=O) groups is 1. The van der Waals surface area contributed by atoms with Crippen LogP contribution in [0.25, 0.3) is 0 Å². The fraction of sp³-hybridized carbons (Fsp3) is 0.500. The molecule has 0 amide bonds. The van der Waals surface area contributed by atoms with E-state index in [1.165, 1.54) is 6.07 Å². The van der Waals surface area contributed by atoms with E-state index in [4.69, 9.17) is 4.74 Å². The Morgan fingerprint density at radius 1 is 1.50 bits per heavy atom. The lowest BCUT2D eigenvalue weighted by molar-refractivity contribution is -0.384. The van der Waals surface area contributed by atoms with E-state index in [-0.39, 0.29) is 11.8 Å². The first kappa shape index (κ1) is 14.5. The molecule has 0 radical (unpaired) electrons. The molecule has 1 saturated heterocycles. The molecule has 0 spiro atoms. The quantitative estimate of drug-likeness (QED) is 0.470. The number of hydrogen-bond acceptors (Lipinski definition) is 5. The van der Waals surface area contributed by atoms with E-state index in [9.17, 15) is 14.9 Å². The van der Waals surface area contributed by atoms with Gasteiger partial charge in [0.1, 0.15) is 12.0 Å². The van der Waals surface area contributed by atoms with Gasteiger partial charge in [0.05, 0.1) is 11.0 Å². The fourth-order valence-electron chi connectivity index (χ4n) is 2.44. The van der Waals surface area contributed by atoms with Gasteiger partial charge in [0.25, 0.3) is 5.69 Å². The largest absolute Gasteiger partial charge is 0.376 e. The van der Waals surface area contributed by atoms with E-state index < -0.39 is 4.92 Å². The number of anilines is 1. The van der Waals surface area contributed by atoms with Gasteiger partial charge in [0.15, 0.2) is 0 Å². The third-order valence-corrected chi connectivity index (χ3v) is 3.49. The molecule has 1 atom stereocenters. The van der Waals surface area contributed by atoms with Crippen molar-refractivity contribution >= 4 is 17.7 Å². The van der Waals surface area contributed by atoms with Crippen molar-refractivity contribution in [2.24, 2.45) is 0 Å². The predicted molar refractivity (Wildman–Crippen MR) is 75.3 cm³/mol. The van der Waals surface area contributed by atoms with Gasteiger partial charge in [0.2, 0.25) is 0 Å². The molecule has 1 fully saturated rings. The predicted octanol–water partition coefficient (Wildman–Crippen LogP) is 2.41. The van der Waals surface area contributed by atoms with Crippen LogP contribution in [0, 0.1) is 10.1 Å². The van der Waals surface area contributed by atoms with Crippen molar-refractivity contribution in [3.8, 4) is 0 Å². The van der Waals surface area contributed by atoms with Crippen LogP contribution >= 0.6 is 0 Å². The van der Waals surface area contributed by atoms with Gasteiger partial charge in [-0.25, -0.2) is 0 Å². The number of carbonyl (C=O) groups excluding carboxylic acids is 1. The minimum Gasteiger partial charge on any atom is -0.376 e. The van der Waals surface area contributed by atoms with Crippen LogP contribution < -0.4 is 4.90 Å². The van der Waals surface area contributed by atoms with Gasteiger partial charge in [0, 0.05) is 31.8 Å². The highest BCUT2D eigenvalue weighted by molar-refractivity contribution is 5.79. The second kappa shape index (κ2) is 6.47. The number of ether oxygens (including phenoxy) is 1. The zero-order valence-corrected chi connectivity index (χ0v) is 11.4. The second-order valence-corrected chi connectivity index (χ2v) is 4.99. The Morgan fingerprint density at radius 2 is 2.30 bits per heavy atom. The minimum atomic E-state index is -0.458. The number of rotatable bonds is 5. The molecule has 1 aromatic carbocycles. The van der Waals surface area contributed by atoms with E-state index in [0.29, 0.717) is 24.1 Å². The molecule has 1 heterocycles. The van der Waals surface area contributed by atoms with Gasteiger partial charge in [-0.3, -0.25) is 14.9 Å². The summed E-state index contributed by atoms with van der Waals surface area (Å²) in [6, 6.07) is 4.51. The SMILES string of the molecule is CN(CC1CCCCO1)c1ccc(C=O)cc1[N+](=O)[O-]. The van der Waals surface area contributed by atoms with Crippen LogP contribution in [-0.2, 0) is 4.74 Å². The number of nitro benzene ring substituents is 1. The normalized spacial score (nSPS) is 18.6. The number of nitro groups is 1. The lowest BCUT2D eigenvalue weighted by Gasteiger charge is -2.28. The van der Waals surface area contributed by atoms with Crippen LogP contribution in [0.2, 0.25) is 0 Å². The molecule has 0 N–H and O–H groups in total. The van der Waals surface area contributed by atoms with Crippen molar-refractivity contribution in [1.29, 1.82) is 0 Å². The van der Waals surface area contributed by atoms with Gasteiger partial charge in [-0.05, 0) is 31.4 Å². The number of nitrogens with zero attached hydrogens (tertiary/aromatic N) is 2. The summed E-state index contributed by atoms with van der Waals surface area (Å²) < 4.78 is 5.65. The Kier molecular flexibility index (Phi) is 4.68. The Bertz CT molecular complexity index is 498. The van der Waals surface area contributed by atoms with Crippen LogP contribution in [0.1, 0.15) is 29.6 Å². The van der Waals surface area contributed by atoms with Gasteiger partial charge >= 0.3 is 0 Å². The molecule has 20 heavy (non-hydrogen) atoms. The summed E-state index contributed by atoms with van der Waals surface area (Å²) in [5.74, 6) is 0. The van der Waals surface area contributed by atoms with E-state index in [1.54, 1.807) is 19.2 Å². The van der Waals surface area contributed by atoms with Gasteiger partial charge in [-0.1, -0.05) is 0 Å². The molecule has 6 nitrogen and oxygen atoms in total. The van der Waals surface area contributed by atoms with E-state index in [1.807, 2.05) is 4.90 Å². The first-order valence-corrected chi connectivity index (χ1v) is 6.68. The second-order valence-electron chi connectivity index (χ2n) is 4.99. The Morgan fingerprint density at radius 3 is 2.90 bits per heavy atom. The average molecular weight is 278 g/mol. The summed E-state index contributed by atoms with van der Waals surface area (Å²) in [5, 5.41) is 11.1. The minimum absolute atomic E-state index is 0.0482. The van der Waals surface area contributed by atoms with Crippen molar-refractivity contribution in [3.63, 3.8) is 0 Å². The first-order valence-electron chi connectivity index (χ1n) is 6.68. The molecule has 0 aliphatic carbocycles. The van der Waals surface area contributed by atoms with E-state index >= 15 is 0 Å². The van der Waals surface area contributed by atoms with Gasteiger partial charge in [-0.2, -0.15) is 0 Å². The molecule has 1 aromatic rings. The summed E-state index contributed by atoms with van der Waals surface area (Å²) >= 11 is 0. The summed E-state index contributed by atoms with van der Waals surface area (Å²) in [7, 11) is 1.81.